The number of allylic oxidation sites excluding steroid dienone is 1. The molecule has 1 aromatic heterocycles. The van der Waals surface area contributed by atoms with E-state index in [1.54, 1.807) is 12.4 Å². The first-order valence-electron chi connectivity index (χ1n) is 9.31. The molecule has 0 aliphatic carbocycles. The summed E-state index contributed by atoms with van der Waals surface area (Å²) in [6, 6.07) is 19.4. The van der Waals surface area contributed by atoms with Crippen molar-refractivity contribution in [3.63, 3.8) is 0 Å². The lowest BCUT2D eigenvalue weighted by Crippen LogP contribution is -2.13. The maximum atomic E-state index is 11.7. The molecule has 1 amide bonds. The number of pyridine rings is 1. The molecule has 0 fully saturated rings. The van der Waals surface area contributed by atoms with Crippen LogP contribution in [0.4, 0.5) is 11.4 Å². The number of carbonyl (C=O) groups is 1. The summed E-state index contributed by atoms with van der Waals surface area (Å²) in [5, 5.41) is 6.80. The van der Waals surface area contributed by atoms with E-state index in [4.69, 9.17) is 0 Å². The van der Waals surface area contributed by atoms with Gasteiger partial charge in [-0.05, 0) is 48.0 Å². The largest absolute Gasteiger partial charge is 0.324 e. The van der Waals surface area contributed by atoms with Crippen molar-refractivity contribution in [1.82, 2.24) is 4.98 Å². The maximum absolute atomic E-state index is 11.7. The highest BCUT2D eigenvalue weighted by Crippen LogP contribution is 2.25. The molecule has 3 heterocycles. The lowest BCUT2D eigenvalue weighted by Gasteiger charge is -2.09. The van der Waals surface area contributed by atoms with E-state index in [-0.39, 0.29) is 12.5 Å². The molecule has 0 radical (unpaired) electrons. The molecule has 30 heavy (non-hydrogen) atoms. The van der Waals surface area contributed by atoms with Gasteiger partial charge in [0.1, 0.15) is 6.54 Å². The van der Waals surface area contributed by atoms with Crippen LogP contribution in [-0.4, -0.2) is 29.4 Å². The first kappa shape index (κ1) is 19.7. The highest BCUT2D eigenvalue weighted by atomic mass is 79.9. The molecule has 0 unspecified atom stereocenters. The molecule has 0 saturated heterocycles. The molecule has 2 N–H and O–H groups in total. The third-order valence-electron chi connectivity index (χ3n) is 4.38. The number of benzodiazepines with no additional fused rings is 1. The van der Waals surface area contributed by atoms with Crippen LogP contribution in [-0.2, 0) is 4.79 Å². The van der Waals surface area contributed by atoms with Crippen molar-refractivity contribution in [3.05, 3.63) is 94.2 Å². The molecule has 148 valence electrons. The van der Waals surface area contributed by atoms with E-state index in [2.05, 4.69) is 41.8 Å². The second kappa shape index (κ2) is 9.28. The van der Waals surface area contributed by atoms with Crippen LogP contribution in [0.2, 0.25) is 0 Å². The van der Waals surface area contributed by atoms with Crippen molar-refractivity contribution in [2.24, 2.45) is 10.1 Å². The van der Waals surface area contributed by atoms with Gasteiger partial charge in [0.05, 0.1) is 22.8 Å². The van der Waals surface area contributed by atoms with Crippen molar-refractivity contribution in [2.75, 3.05) is 17.3 Å². The molecular formula is C23H18BrN5O. The Morgan fingerprint density at radius 3 is 2.70 bits per heavy atom. The third-order valence-corrected chi connectivity index (χ3v) is 4.87. The SMILES string of the molecule is C1=Cc2ccccc2NN=C1.O=C1CN=C(c2ccccn2)c2cc(Br)ccc2N1. The fourth-order valence-corrected chi connectivity index (χ4v) is 3.37. The van der Waals surface area contributed by atoms with Gasteiger partial charge in [0, 0.05) is 22.4 Å². The number of halogens is 1. The minimum absolute atomic E-state index is 0.109. The van der Waals surface area contributed by atoms with Gasteiger partial charge in [-0.15, -0.1) is 0 Å². The number of hydrogen-bond acceptors (Lipinski definition) is 5. The van der Waals surface area contributed by atoms with E-state index in [9.17, 15) is 4.79 Å². The Labute approximate surface area is 182 Å². The Hall–Kier alpha value is -3.58. The van der Waals surface area contributed by atoms with E-state index in [1.807, 2.05) is 72.8 Å². The van der Waals surface area contributed by atoms with E-state index < -0.39 is 0 Å². The summed E-state index contributed by atoms with van der Waals surface area (Å²) in [5.41, 5.74) is 8.28. The molecule has 7 heteroatoms. The fourth-order valence-electron chi connectivity index (χ4n) is 3.01. The summed E-state index contributed by atoms with van der Waals surface area (Å²) in [7, 11) is 0. The Morgan fingerprint density at radius 1 is 0.967 bits per heavy atom. The van der Waals surface area contributed by atoms with Crippen LogP contribution >= 0.6 is 15.9 Å². The number of amides is 1. The number of nitrogens with zero attached hydrogens (tertiary/aromatic N) is 3. The van der Waals surface area contributed by atoms with Crippen LogP contribution in [0.25, 0.3) is 6.08 Å². The fraction of sp³-hybridized carbons (Fsp3) is 0.0435. The molecule has 2 aliphatic heterocycles. The quantitative estimate of drug-likeness (QED) is 0.551. The number of carbonyl (C=O) groups excluding carboxylic acids is 1. The number of hydrogen-bond donors (Lipinski definition) is 2. The van der Waals surface area contributed by atoms with E-state index in [1.165, 1.54) is 5.56 Å². The zero-order valence-electron chi connectivity index (χ0n) is 15.9. The van der Waals surface area contributed by atoms with Gasteiger partial charge < -0.3 is 5.32 Å². The first-order valence-corrected chi connectivity index (χ1v) is 10.1. The van der Waals surface area contributed by atoms with Crippen LogP contribution in [0.15, 0.2) is 87.5 Å². The number of aliphatic imine (C=N–C) groups is 1. The topological polar surface area (TPSA) is 78.7 Å². The normalized spacial score (nSPS) is 13.9. The molecule has 5 rings (SSSR count). The number of anilines is 2. The van der Waals surface area contributed by atoms with Gasteiger partial charge in [-0.3, -0.25) is 20.2 Å². The predicted octanol–water partition coefficient (Wildman–Crippen LogP) is 4.74. The lowest BCUT2D eigenvalue weighted by atomic mass is 10.0. The molecule has 0 atom stereocenters. The van der Waals surface area contributed by atoms with Crippen molar-refractivity contribution in [2.45, 2.75) is 0 Å². The molecule has 6 nitrogen and oxygen atoms in total. The minimum Gasteiger partial charge on any atom is -0.324 e. The van der Waals surface area contributed by atoms with Crippen LogP contribution in [0.5, 0.6) is 0 Å². The summed E-state index contributed by atoms with van der Waals surface area (Å²) in [5.74, 6) is -0.116. The van der Waals surface area contributed by atoms with Crippen LogP contribution < -0.4 is 10.7 Å². The molecule has 2 aromatic carbocycles. The summed E-state index contributed by atoms with van der Waals surface area (Å²) >= 11 is 3.44. The number of hydrazone groups is 1. The zero-order chi connectivity index (χ0) is 20.8. The minimum atomic E-state index is -0.116. The van der Waals surface area contributed by atoms with Crippen LogP contribution in [0, 0.1) is 0 Å². The van der Waals surface area contributed by atoms with Gasteiger partial charge in [-0.1, -0.05) is 46.3 Å². The van der Waals surface area contributed by atoms with Gasteiger partial charge in [0.15, 0.2) is 0 Å². The summed E-state index contributed by atoms with van der Waals surface area (Å²) in [4.78, 5) is 20.3. The molecule has 3 aromatic rings. The van der Waals surface area contributed by atoms with Crippen LogP contribution in [0.1, 0.15) is 16.8 Å². The van der Waals surface area contributed by atoms with Crippen molar-refractivity contribution in [1.29, 1.82) is 0 Å². The smallest absolute Gasteiger partial charge is 0.246 e. The second-order valence-corrected chi connectivity index (χ2v) is 7.37. The summed E-state index contributed by atoms with van der Waals surface area (Å²) in [6.07, 6.45) is 7.40. The lowest BCUT2D eigenvalue weighted by molar-refractivity contribution is -0.114. The number of rotatable bonds is 1. The van der Waals surface area contributed by atoms with Gasteiger partial charge in [-0.25, -0.2) is 0 Å². The highest BCUT2D eigenvalue weighted by Gasteiger charge is 2.18. The average molecular weight is 460 g/mol. The van der Waals surface area contributed by atoms with Crippen molar-refractivity contribution >= 4 is 51.2 Å². The Balaban J connectivity index is 0.000000168. The molecular weight excluding hydrogens is 442 g/mol. The van der Waals surface area contributed by atoms with Crippen LogP contribution in [0.3, 0.4) is 0 Å². The molecule has 0 saturated carbocycles. The summed E-state index contributed by atoms with van der Waals surface area (Å²) < 4.78 is 0.936. The Kier molecular flexibility index (Phi) is 6.10. The maximum Gasteiger partial charge on any atom is 0.246 e. The number of para-hydroxylation sites is 1. The average Bonchev–Trinajstić information content (AvgIpc) is 3.11. The third kappa shape index (κ3) is 4.69. The van der Waals surface area contributed by atoms with Crippen molar-refractivity contribution < 1.29 is 4.79 Å². The number of aromatic nitrogens is 1. The highest BCUT2D eigenvalue weighted by molar-refractivity contribution is 9.10. The van der Waals surface area contributed by atoms with Crippen molar-refractivity contribution in [3.8, 4) is 0 Å². The van der Waals surface area contributed by atoms with E-state index >= 15 is 0 Å². The number of nitrogens with one attached hydrogen (secondary N) is 2. The molecule has 0 spiro atoms. The Bertz CT molecular complexity index is 1160. The zero-order valence-corrected chi connectivity index (χ0v) is 17.5. The predicted molar refractivity (Wildman–Crippen MR) is 125 cm³/mol. The van der Waals surface area contributed by atoms with E-state index in [0.29, 0.717) is 0 Å². The number of fused-ring (bicyclic) bond motifs is 2. The molecule has 0 bridgehead atoms. The van der Waals surface area contributed by atoms with E-state index in [0.717, 1.165) is 32.8 Å². The Morgan fingerprint density at radius 2 is 1.83 bits per heavy atom. The van der Waals surface area contributed by atoms with Gasteiger partial charge in [0.2, 0.25) is 5.91 Å². The van der Waals surface area contributed by atoms with Gasteiger partial charge in [-0.2, -0.15) is 5.10 Å². The first-order chi connectivity index (χ1) is 14.7. The van der Waals surface area contributed by atoms with Gasteiger partial charge in [0.25, 0.3) is 0 Å². The molecule has 2 aliphatic rings. The second-order valence-electron chi connectivity index (χ2n) is 6.45. The number of benzene rings is 2. The standard InChI is InChI=1S/C14H10BrN3O.C9H8N2/c15-9-4-5-11-10(7-9)14(17-8-13(19)18-11)12-3-1-2-6-16-12;1-2-6-9-8(4-1)5-3-7-10-11-9/h1-7H,8H2,(H,18,19);1-7,11H. The van der Waals surface area contributed by atoms with Gasteiger partial charge >= 0.3 is 0 Å². The monoisotopic (exact) mass is 459 g/mol. The summed E-state index contributed by atoms with van der Waals surface area (Å²) in [6.45, 7) is 0.109.